The van der Waals surface area contributed by atoms with E-state index in [2.05, 4.69) is 5.32 Å². The molecule has 0 heterocycles. The molecule has 0 bridgehead atoms. The molecule has 0 aliphatic rings. The largest absolute Gasteiger partial charge is 0.416 e. The predicted molar refractivity (Wildman–Crippen MR) is 84.8 cm³/mol. The summed E-state index contributed by atoms with van der Waals surface area (Å²) in [7, 11) is 0. The number of rotatable bonds is 5. The van der Waals surface area contributed by atoms with E-state index < -0.39 is 28.6 Å². The third-order valence-corrected chi connectivity index (χ3v) is 3.63. The number of nitrogens with zero attached hydrogens (tertiary/aromatic N) is 1. The molecule has 132 valence electrons. The number of nitro benzene ring substituents is 1. The van der Waals surface area contributed by atoms with Gasteiger partial charge >= 0.3 is 6.18 Å². The topological polar surface area (TPSA) is 72.2 Å². The van der Waals surface area contributed by atoms with Crippen LogP contribution in [-0.4, -0.2) is 10.8 Å². The standard InChI is InChI=1S/C17H15F3N2O3/c1-11(12-6-4-7-14(9-12)17(18,19)20)21-16(23)10-13-5-2-3-8-15(13)22(24)25/h2-9,11H,10H2,1H3,(H,21,23). The summed E-state index contributed by atoms with van der Waals surface area (Å²) in [6.07, 6.45) is -4.70. The fourth-order valence-electron chi connectivity index (χ4n) is 2.37. The van der Waals surface area contributed by atoms with Crippen molar-refractivity contribution in [1.29, 1.82) is 0 Å². The van der Waals surface area contributed by atoms with E-state index in [1.807, 2.05) is 0 Å². The van der Waals surface area contributed by atoms with E-state index in [0.29, 0.717) is 5.56 Å². The Bertz CT molecular complexity index is 791. The molecule has 0 aromatic heterocycles. The smallest absolute Gasteiger partial charge is 0.349 e. The number of alkyl halides is 3. The first-order valence-electron chi connectivity index (χ1n) is 7.37. The number of benzene rings is 2. The van der Waals surface area contributed by atoms with Gasteiger partial charge < -0.3 is 5.32 Å². The second-order valence-corrected chi connectivity index (χ2v) is 5.48. The highest BCUT2D eigenvalue weighted by molar-refractivity contribution is 5.80. The number of para-hydroxylation sites is 1. The molecule has 0 spiro atoms. The van der Waals surface area contributed by atoms with E-state index >= 15 is 0 Å². The molecule has 2 aromatic rings. The van der Waals surface area contributed by atoms with Crippen molar-refractivity contribution in [3.8, 4) is 0 Å². The summed E-state index contributed by atoms with van der Waals surface area (Å²) in [5, 5.41) is 13.5. The summed E-state index contributed by atoms with van der Waals surface area (Å²) in [6.45, 7) is 1.55. The van der Waals surface area contributed by atoms with Crippen molar-refractivity contribution >= 4 is 11.6 Å². The number of hydrogen-bond donors (Lipinski definition) is 1. The second-order valence-electron chi connectivity index (χ2n) is 5.48. The summed E-state index contributed by atoms with van der Waals surface area (Å²) in [5.41, 5.74) is -0.443. The number of carbonyl (C=O) groups is 1. The van der Waals surface area contributed by atoms with E-state index in [1.54, 1.807) is 13.0 Å². The van der Waals surface area contributed by atoms with Crippen molar-refractivity contribution in [3.63, 3.8) is 0 Å². The minimum absolute atomic E-state index is 0.177. The molecule has 0 radical (unpaired) electrons. The highest BCUT2D eigenvalue weighted by Gasteiger charge is 2.30. The van der Waals surface area contributed by atoms with Gasteiger partial charge in [-0.1, -0.05) is 30.3 Å². The van der Waals surface area contributed by atoms with E-state index in [9.17, 15) is 28.1 Å². The normalized spacial score (nSPS) is 12.5. The maximum absolute atomic E-state index is 12.8. The van der Waals surface area contributed by atoms with Crippen LogP contribution in [0, 0.1) is 10.1 Å². The molecule has 0 saturated heterocycles. The van der Waals surface area contributed by atoms with Crippen LogP contribution in [0.1, 0.15) is 29.7 Å². The van der Waals surface area contributed by atoms with Gasteiger partial charge in [-0.25, -0.2) is 0 Å². The minimum atomic E-state index is -4.47. The molecule has 0 aliphatic carbocycles. The molecule has 5 nitrogen and oxygen atoms in total. The molecule has 1 unspecified atom stereocenters. The van der Waals surface area contributed by atoms with Crippen molar-refractivity contribution < 1.29 is 22.9 Å². The third-order valence-electron chi connectivity index (χ3n) is 3.63. The maximum Gasteiger partial charge on any atom is 0.416 e. The van der Waals surface area contributed by atoms with Gasteiger partial charge in [-0.3, -0.25) is 14.9 Å². The second kappa shape index (κ2) is 7.33. The number of nitro groups is 1. The van der Waals surface area contributed by atoms with Gasteiger partial charge in [0.25, 0.3) is 5.69 Å². The zero-order valence-corrected chi connectivity index (χ0v) is 13.2. The number of halogens is 3. The number of hydrogen-bond acceptors (Lipinski definition) is 3. The van der Waals surface area contributed by atoms with E-state index in [1.165, 1.54) is 30.3 Å². The van der Waals surface area contributed by atoms with Crippen molar-refractivity contribution in [1.82, 2.24) is 5.32 Å². The predicted octanol–water partition coefficient (Wildman–Crippen LogP) is 4.03. The van der Waals surface area contributed by atoms with Crippen molar-refractivity contribution in [3.05, 3.63) is 75.3 Å². The molecule has 8 heteroatoms. The number of carbonyl (C=O) groups excluding carboxylic acids is 1. The summed E-state index contributed by atoms with van der Waals surface area (Å²) >= 11 is 0. The van der Waals surface area contributed by atoms with Gasteiger partial charge in [-0.2, -0.15) is 13.2 Å². The summed E-state index contributed by atoms with van der Waals surface area (Å²) < 4.78 is 38.3. The Kier molecular flexibility index (Phi) is 5.41. The Morgan fingerprint density at radius 2 is 1.88 bits per heavy atom. The Morgan fingerprint density at radius 1 is 1.20 bits per heavy atom. The molecule has 2 aromatic carbocycles. The van der Waals surface area contributed by atoms with Gasteiger partial charge in [0.05, 0.1) is 22.9 Å². The highest BCUT2D eigenvalue weighted by atomic mass is 19.4. The molecule has 0 aliphatic heterocycles. The average Bonchev–Trinajstić information content (AvgIpc) is 2.54. The molecular formula is C17H15F3N2O3. The first-order valence-corrected chi connectivity index (χ1v) is 7.37. The van der Waals surface area contributed by atoms with Crippen LogP contribution in [0.5, 0.6) is 0 Å². The van der Waals surface area contributed by atoms with Crippen molar-refractivity contribution in [2.45, 2.75) is 25.6 Å². The lowest BCUT2D eigenvalue weighted by atomic mass is 10.0. The fourth-order valence-corrected chi connectivity index (χ4v) is 2.37. The van der Waals surface area contributed by atoms with Crippen LogP contribution in [0.2, 0.25) is 0 Å². The quantitative estimate of drug-likeness (QED) is 0.652. The lowest BCUT2D eigenvalue weighted by Crippen LogP contribution is -2.28. The van der Waals surface area contributed by atoms with Crippen LogP contribution >= 0.6 is 0 Å². The van der Waals surface area contributed by atoms with Crippen LogP contribution in [0.25, 0.3) is 0 Å². The molecule has 1 N–H and O–H groups in total. The van der Waals surface area contributed by atoms with Gasteiger partial charge in [0, 0.05) is 11.6 Å². The van der Waals surface area contributed by atoms with Gasteiger partial charge in [0.1, 0.15) is 0 Å². The number of nitrogens with one attached hydrogen (secondary N) is 1. The molecule has 25 heavy (non-hydrogen) atoms. The van der Waals surface area contributed by atoms with E-state index in [4.69, 9.17) is 0 Å². The van der Waals surface area contributed by atoms with E-state index in [-0.39, 0.29) is 17.7 Å². The monoisotopic (exact) mass is 352 g/mol. The Balaban J connectivity index is 2.10. The van der Waals surface area contributed by atoms with Crippen LogP contribution < -0.4 is 5.32 Å². The van der Waals surface area contributed by atoms with Crippen LogP contribution in [0.4, 0.5) is 18.9 Å². The molecule has 0 fully saturated rings. The zero-order valence-electron chi connectivity index (χ0n) is 13.2. The summed E-state index contributed by atoms with van der Waals surface area (Å²) in [6, 6.07) is 9.81. The van der Waals surface area contributed by atoms with Gasteiger partial charge in [-0.05, 0) is 24.6 Å². The average molecular weight is 352 g/mol. The lowest BCUT2D eigenvalue weighted by Gasteiger charge is -2.16. The first kappa shape index (κ1) is 18.4. The first-order chi connectivity index (χ1) is 11.7. The van der Waals surface area contributed by atoms with Gasteiger partial charge in [0.15, 0.2) is 0 Å². The van der Waals surface area contributed by atoms with E-state index in [0.717, 1.165) is 12.1 Å². The molecule has 2 rings (SSSR count). The zero-order chi connectivity index (χ0) is 18.6. The van der Waals surface area contributed by atoms with Gasteiger partial charge in [0.2, 0.25) is 5.91 Å². The summed E-state index contributed by atoms with van der Waals surface area (Å²) in [5.74, 6) is -0.515. The molecular weight excluding hydrogens is 337 g/mol. The third kappa shape index (κ3) is 4.79. The Hall–Kier alpha value is -2.90. The lowest BCUT2D eigenvalue weighted by molar-refractivity contribution is -0.385. The van der Waals surface area contributed by atoms with Crippen LogP contribution in [-0.2, 0) is 17.4 Å². The summed E-state index contributed by atoms with van der Waals surface area (Å²) in [4.78, 5) is 22.5. The fraction of sp³-hybridized carbons (Fsp3) is 0.235. The van der Waals surface area contributed by atoms with Crippen molar-refractivity contribution in [2.24, 2.45) is 0 Å². The van der Waals surface area contributed by atoms with Crippen LogP contribution in [0.15, 0.2) is 48.5 Å². The van der Waals surface area contributed by atoms with Crippen LogP contribution in [0.3, 0.4) is 0 Å². The minimum Gasteiger partial charge on any atom is -0.349 e. The Labute approximate surface area is 141 Å². The van der Waals surface area contributed by atoms with Crippen molar-refractivity contribution in [2.75, 3.05) is 0 Å². The van der Waals surface area contributed by atoms with Gasteiger partial charge in [-0.15, -0.1) is 0 Å². The highest BCUT2D eigenvalue weighted by Crippen LogP contribution is 2.30. The molecule has 0 saturated carbocycles. The number of amides is 1. The molecule has 1 amide bonds. The maximum atomic E-state index is 12.8. The molecule has 1 atom stereocenters. The SMILES string of the molecule is CC(NC(=O)Cc1ccccc1[N+](=O)[O-])c1cccc(C(F)(F)F)c1. The Morgan fingerprint density at radius 3 is 2.52 bits per heavy atom.